The number of hydrogen-bond donors (Lipinski definition) is 2. The molecule has 0 fully saturated rings. The summed E-state index contributed by atoms with van der Waals surface area (Å²) >= 11 is 0. The molecule has 2 aromatic carbocycles. The van der Waals surface area contributed by atoms with Crippen molar-refractivity contribution in [1.29, 1.82) is 0 Å². The lowest BCUT2D eigenvalue weighted by Gasteiger charge is -2.39. The second kappa shape index (κ2) is 8.82. The van der Waals surface area contributed by atoms with Gasteiger partial charge in [-0.25, -0.2) is 0 Å². The van der Waals surface area contributed by atoms with Crippen LogP contribution in [0.4, 0.5) is 0 Å². The van der Waals surface area contributed by atoms with Crippen LogP contribution in [0.5, 0.6) is 11.5 Å². The van der Waals surface area contributed by atoms with Crippen molar-refractivity contribution in [3.05, 3.63) is 65.4 Å². The number of carbonyl (C=O) groups is 1. The molecule has 160 valence electrons. The summed E-state index contributed by atoms with van der Waals surface area (Å²) in [5.74, 6) is 0.246. The lowest BCUT2D eigenvalue weighted by molar-refractivity contribution is -0.122. The predicted molar refractivity (Wildman–Crippen MR) is 120 cm³/mol. The molecular formula is C25H32N2O3. The van der Waals surface area contributed by atoms with Crippen molar-refractivity contribution in [2.75, 3.05) is 13.7 Å². The van der Waals surface area contributed by atoms with E-state index in [1.165, 1.54) is 5.56 Å². The number of phenols is 1. The van der Waals surface area contributed by atoms with Crippen molar-refractivity contribution in [2.24, 2.45) is 11.7 Å². The SMILES string of the molecule is CCCC1=C(c2cccc(O)c2)C(C(N)=O)C(C)(C)N1CCc1ccc(OC)cc1. The number of carbonyl (C=O) groups excluding carboxylic acids is 1. The Labute approximate surface area is 179 Å². The Balaban J connectivity index is 2.01. The van der Waals surface area contributed by atoms with Crippen molar-refractivity contribution in [1.82, 2.24) is 4.90 Å². The minimum absolute atomic E-state index is 0.188. The smallest absolute Gasteiger partial charge is 0.227 e. The molecule has 0 radical (unpaired) electrons. The van der Waals surface area contributed by atoms with Crippen LogP contribution in [0.1, 0.15) is 44.7 Å². The molecule has 30 heavy (non-hydrogen) atoms. The molecule has 5 heteroatoms. The van der Waals surface area contributed by atoms with E-state index in [0.717, 1.165) is 48.4 Å². The van der Waals surface area contributed by atoms with Gasteiger partial charge in [-0.2, -0.15) is 0 Å². The van der Waals surface area contributed by atoms with Crippen molar-refractivity contribution in [3.63, 3.8) is 0 Å². The first kappa shape index (κ1) is 21.8. The molecule has 0 spiro atoms. The maximum absolute atomic E-state index is 12.6. The molecule has 1 atom stereocenters. The first-order valence-electron chi connectivity index (χ1n) is 10.5. The topological polar surface area (TPSA) is 75.8 Å². The average molecular weight is 409 g/mol. The van der Waals surface area contributed by atoms with Gasteiger partial charge in [0, 0.05) is 12.2 Å². The van der Waals surface area contributed by atoms with E-state index < -0.39 is 11.5 Å². The van der Waals surface area contributed by atoms with Crippen LogP contribution in [0.15, 0.2) is 54.2 Å². The van der Waals surface area contributed by atoms with Crippen LogP contribution in [0.2, 0.25) is 0 Å². The zero-order valence-corrected chi connectivity index (χ0v) is 18.3. The number of amides is 1. The largest absolute Gasteiger partial charge is 0.508 e. The summed E-state index contributed by atoms with van der Waals surface area (Å²) in [6.07, 6.45) is 2.65. The van der Waals surface area contributed by atoms with E-state index in [2.05, 4.69) is 37.8 Å². The molecule has 1 heterocycles. The molecular weight excluding hydrogens is 376 g/mol. The van der Waals surface area contributed by atoms with E-state index in [0.29, 0.717) is 0 Å². The number of methoxy groups -OCH3 is 1. The summed E-state index contributed by atoms with van der Waals surface area (Å²) in [6.45, 7) is 7.09. The fourth-order valence-electron chi connectivity index (χ4n) is 4.63. The van der Waals surface area contributed by atoms with E-state index in [9.17, 15) is 9.90 Å². The second-order valence-electron chi connectivity index (χ2n) is 8.40. The predicted octanol–water partition coefficient (Wildman–Crippen LogP) is 4.35. The standard InChI is InChI=1S/C25H32N2O3/c1-5-7-21-22(18-8-6-9-19(28)16-18)23(24(26)29)25(2,3)27(21)15-14-17-10-12-20(30-4)13-11-17/h6,8-13,16,23,28H,5,7,14-15H2,1-4H3,(H2,26,29). The molecule has 3 rings (SSSR count). The van der Waals surface area contributed by atoms with Gasteiger partial charge in [-0.3, -0.25) is 4.79 Å². The number of primary amides is 1. The lowest BCUT2D eigenvalue weighted by Crippen LogP contribution is -2.48. The minimum Gasteiger partial charge on any atom is -0.508 e. The molecule has 0 saturated carbocycles. The van der Waals surface area contributed by atoms with Gasteiger partial charge in [0.1, 0.15) is 11.5 Å². The number of phenolic OH excluding ortho intramolecular Hbond substituents is 1. The van der Waals surface area contributed by atoms with E-state index >= 15 is 0 Å². The van der Waals surface area contributed by atoms with E-state index in [-0.39, 0.29) is 11.7 Å². The Morgan fingerprint density at radius 1 is 1.17 bits per heavy atom. The van der Waals surface area contributed by atoms with Crippen molar-refractivity contribution in [2.45, 2.75) is 45.6 Å². The fourth-order valence-corrected chi connectivity index (χ4v) is 4.63. The Kier molecular flexibility index (Phi) is 6.40. The highest BCUT2D eigenvalue weighted by Gasteiger charge is 2.49. The number of aromatic hydroxyl groups is 1. The van der Waals surface area contributed by atoms with Gasteiger partial charge in [-0.1, -0.05) is 37.6 Å². The van der Waals surface area contributed by atoms with Crippen molar-refractivity contribution >= 4 is 11.5 Å². The summed E-state index contributed by atoms with van der Waals surface area (Å²) in [5, 5.41) is 10.0. The van der Waals surface area contributed by atoms with Crippen LogP contribution in [0.3, 0.4) is 0 Å². The third kappa shape index (κ3) is 4.16. The summed E-state index contributed by atoms with van der Waals surface area (Å²) < 4.78 is 5.25. The summed E-state index contributed by atoms with van der Waals surface area (Å²) in [4.78, 5) is 15.0. The monoisotopic (exact) mass is 408 g/mol. The quantitative estimate of drug-likeness (QED) is 0.681. The maximum Gasteiger partial charge on any atom is 0.227 e. The molecule has 0 aliphatic carbocycles. The van der Waals surface area contributed by atoms with Crippen LogP contribution in [-0.4, -0.2) is 35.1 Å². The summed E-state index contributed by atoms with van der Waals surface area (Å²) in [7, 11) is 1.66. The Morgan fingerprint density at radius 2 is 1.87 bits per heavy atom. The van der Waals surface area contributed by atoms with Gasteiger partial charge in [0.05, 0.1) is 18.6 Å². The highest BCUT2D eigenvalue weighted by atomic mass is 16.5. The number of ether oxygens (including phenoxy) is 1. The third-order valence-corrected chi connectivity index (χ3v) is 6.04. The zero-order valence-electron chi connectivity index (χ0n) is 18.3. The van der Waals surface area contributed by atoms with Gasteiger partial charge in [-0.05, 0) is 67.7 Å². The zero-order chi connectivity index (χ0) is 21.9. The number of nitrogens with zero attached hydrogens (tertiary/aromatic N) is 1. The average Bonchev–Trinajstić information content (AvgIpc) is 2.93. The van der Waals surface area contributed by atoms with Gasteiger partial charge in [-0.15, -0.1) is 0 Å². The van der Waals surface area contributed by atoms with Crippen molar-refractivity contribution in [3.8, 4) is 11.5 Å². The molecule has 0 aromatic heterocycles. The number of allylic oxidation sites excluding steroid dienone is 1. The Morgan fingerprint density at radius 3 is 2.43 bits per heavy atom. The highest BCUT2D eigenvalue weighted by Crippen LogP contribution is 2.48. The fraction of sp³-hybridized carbons (Fsp3) is 0.400. The lowest BCUT2D eigenvalue weighted by atomic mass is 9.80. The van der Waals surface area contributed by atoms with Gasteiger partial charge in [0.25, 0.3) is 0 Å². The van der Waals surface area contributed by atoms with E-state index in [1.807, 2.05) is 24.3 Å². The number of hydrogen-bond acceptors (Lipinski definition) is 4. The number of benzene rings is 2. The van der Waals surface area contributed by atoms with E-state index in [4.69, 9.17) is 10.5 Å². The molecule has 1 aliphatic heterocycles. The maximum atomic E-state index is 12.6. The number of rotatable bonds is 8. The highest BCUT2D eigenvalue weighted by molar-refractivity contribution is 5.95. The van der Waals surface area contributed by atoms with Crippen LogP contribution in [0, 0.1) is 5.92 Å². The second-order valence-corrected chi connectivity index (χ2v) is 8.40. The molecule has 5 nitrogen and oxygen atoms in total. The van der Waals surface area contributed by atoms with Gasteiger partial charge >= 0.3 is 0 Å². The molecule has 3 N–H and O–H groups in total. The first-order chi connectivity index (χ1) is 14.3. The van der Waals surface area contributed by atoms with Gasteiger partial charge < -0.3 is 20.5 Å². The van der Waals surface area contributed by atoms with E-state index in [1.54, 1.807) is 19.2 Å². The normalized spacial score (nSPS) is 18.0. The Hall–Kier alpha value is -2.95. The molecule has 1 unspecified atom stereocenters. The van der Waals surface area contributed by atoms with Crippen LogP contribution < -0.4 is 10.5 Å². The third-order valence-electron chi connectivity index (χ3n) is 6.04. The molecule has 0 saturated heterocycles. The first-order valence-corrected chi connectivity index (χ1v) is 10.5. The van der Waals surface area contributed by atoms with Gasteiger partial charge in [0.2, 0.25) is 5.91 Å². The number of nitrogens with two attached hydrogens (primary N) is 1. The Bertz CT molecular complexity index is 932. The molecule has 1 aliphatic rings. The summed E-state index contributed by atoms with van der Waals surface area (Å²) in [5.41, 5.74) is 9.63. The van der Waals surface area contributed by atoms with Crippen molar-refractivity contribution < 1.29 is 14.6 Å². The molecule has 1 amide bonds. The minimum atomic E-state index is -0.455. The van der Waals surface area contributed by atoms with Crippen LogP contribution >= 0.6 is 0 Å². The molecule has 0 bridgehead atoms. The molecule has 2 aromatic rings. The van der Waals surface area contributed by atoms with Gasteiger partial charge in [0.15, 0.2) is 0 Å². The van der Waals surface area contributed by atoms with Crippen LogP contribution in [-0.2, 0) is 11.2 Å². The van der Waals surface area contributed by atoms with Crippen LogP contribution in [0.25, 0.3) is 5.57 Å². The summed E-state index contributed by atoms with van der Waals surface area (Å²) in [6, 6.07) is 15.2.